The molecule has 1 amide bonds. The van der Waals surface area contributed by atoms with Gasteiger partial charge in [0.1, 0.15) is 5.75 Å². The number of hydrogen-bond donors (Lipinski definition) is 0. The summed E-state index contributed by atoms with van der Waals surface area (Å²) in [5.41, 5.74) is 3.08. The van der Waals surface area contributed by atoms with E-state index in [0.717, 1.165) is 22.6 Å². The van der Waals surface area contributed by atoms with Gasteiger partial charge in [-0.1, -0.05) is 48.5 Å². The Kier molecular flexibility index (Phi) is 5.62. The van der Waals surface area contributed by atoms with Crippen LogP contribution in [-0.2, 0) is 11.3 Å². The van der Waals surface area contributed by atoms with Gasteiger partial charge in [0.25, 0.3) is 0 Å². The summed E-state index contributed by atoms with van der Waals surface area (Å²) < 4.78 is 5.45. The average Bonchev–Trinajstić information content (AvgIpc) is 2.65. The molecule has 0 N–H and O–H groups in total. The SMILES string of the molecule is CCOc1ccc(C=CC2=NN(Cc3ccccc3)C(=O)CC2)cc1. The molecule has 4 nitrogen and oxygen atoms in total. The molecule has 0 saturated heterocycles. The van der Waals surface area contributed by atoms with Crippen LogP contribution in [0.4, 0.5) is 0 Å². The zero-order valence-corrected chi connectivity index (χ0v) is 14.4. The highest BCUT2D eigenvalue weighted by Crippen LogP contribution is 2.16. The number of ether oxygens (including phenoxy) is 1. The third kappa shape index (κ3) is 4.80. The van der Waals surface area contributed by atoms with Gasteiger partial charge in [-0.25, -0.2) is 5.01 Å². The molecule has 1 aliphatic heterocycles. The number of carbonyl (C=O) groups excluding carboxylic acids is 1. The summed E-state index contributed by atoms with van der Waals surface area (Å²) >= 11 is 0. The molecule has 2 aromatic rings. The van der Waals surface area contributed by atoms with Crippen molar-refractivity contribution >= 4 is 17.7 Å². The van der Waals surface area contributed by atoms with Crippen molar-refractivity contribution in [1.29, 1.82) is 0 Å². The predicted octanol–water partition coefficient (Wildman–Crippen LogP) is 4.28. The van der Waals surface area contributed by atoms with Crippen molar-refractivity contribution in [3.63, 3.8) is 0 Å². The summed E-state index contributed by atoms with van der Waals surface area (Å²) in [6.07, 6.45) is 5.18. The lowest BCUT2D eigenvalue weighted by Gasteiger charge is -2.22. The van der Waals surface area contributed by atoms with E-state index in [1.165, 1.54) is 0 Å². The second-order valence-electron chi connectivity index (χ2n) is 5.86. The molecule has 0 aliphatic carbocycles. The van der Waals surface area contributed by atoms with Crippen LogP contribution in [0.25, 0.3) is 6.08 Å². The number of hydrogen-bond acceptors (Lipinski definition) is 3. The Labute approximate surface area is 148 Å². The van der Waals surface area contributed by atoms with Crippen molar-refractivity contribution in [2.45, 2.75) is 26.3 Å². The number of rotatable bonds is 6. The lowest BCUT2D eigenvalue weighted by Crippen LogP contribution is -2.30. The van der Waals surface area contributed by atoms with E-state index in [0.29, 0.717) is 26.0 Å². The molecule has 1 heterocycles. The number of amides is 1. The smallest absolute Gasteiger partial charge is 0.243 e. The number of allylic oxidation sites excluding steroid dienone is 1. The summed E-state index contributed by atoms with van der Waals surface area (Å²) in [6, 6.07) is 17.9. The molecular formula is C21H22N2O2. The molecule has 0 spiro atoms. The van der Waals surface area contributed by atoms with E-state index in [4.69, 9.17) is 4.74 Å². The van der Waals surface area contributed by atoms with Gasteiger partial charge in [-0.05, 0) is 36.3 Å². The Morgan fingerprint density at radius 1 is 1.04 bits per heavy atom. The molecule has 0 radical (unpaired) electrons. The van der Waals surface area contributed by atoms with Crippen molar-refractivity contribution in [1.82, 2.24) is 5.01 Å². The molecule has 0 saturated carbocycles. The van der Waals surface area contributed by atoms with Crippen molar-refractivity contribution in [2.75, 3.05) is 6.61 Å². The Bertz CT molecular complexity index is 764. The molecule has 4 heteroatoms. The van der Waals surface area contributed by atoms with Crippen LogP contribution in [0.15, 0.2) is 65.8 Å². The van der Waals surface area contributed by atoms with Gasteiger partial charge in [-0.15, -0.1) is 0 Å². The molecule has 0 aromatic heterocycles. The predicted molar refractivity (Wildman–Crippen MR) is 100 cm³/mol. The van der Waals surface area contributed by atoms with E-state index in [-0.39, 0.29) is 5.91 Å². The van der Waals surface area contributed by atoms with Gasteiger partial charge in [0, 0.05) is 12.8 Å². The van der Waals surface area contributed by atoms with Crippen LogP contribution in [0.3, 0.4) is 0 Å². The lowest BCUT2D eigenvalue weighted by atomic mass is 10.1. The number of carbonyl (C=O) groups is 1. The zero-order valence-electron chi connectivity index (χ0n) is 14.4. The van der Waals surface area contributed by atoms with Gasteiger partial charge in [0.15, 0.2) is 0 Å². The zero-order chi connectivity index (χ0) is 17.5. The number of benzene rings is 2. The number of hydrazone groups is 1. The maximum Gasteiger partial charge on any atom is 0.243 e. The fourth-order valence-electron chi connectivity index (χ4n) is 2.66. The molecule has 0 atom stereocenters. The maximum absolute atomic E-state index is 12.1. The highest BCUT2D eigenvalue weighted by Gasteiger charge is 2.19. The molecule has 0 bridgehead atoms. The second-order valence-corrected chi connectivity index (χ2v) is 5.86. The van der Waals surface area contributed by atoms with Gasteiger partial charge in [0.05, 0.1) is 18.9 Å². The van der Waals surface area contributed by atoms with Gasteiger partial charge in [-0.2, -0.15) is 5.10 Å². The minimum Gasteiger partial charge on any atom is -0.494 e. The van der Waals surface area contributed by atoms with Crippen LogP contribution in [0, 0.1) is 0 Å². The minimum absolute atomic E-state index is 0.0714. The Balaban J connectivity index is 1.68. The molecule has 3 rings (SSSR count). The van der Waals surface area contributed by atoms with E-state index in [1.807, 2.05) is 73.7 Å². The average molecular weight is 334 g/mol. The molecule has 25 heavy (non-hydrogen) atoms. The third-order valence-electron chi connectivity index (χ3n) is 3.97. The van der Waals surface area contributed by atoms with Crippen molar-refractivity contribution < 1.29 is 9.53 Å². The van der Waals surface area contributed by atoms with E-state index in [1.54, 1.807) is 5.01 Å². The number of nitrogens with zero attached hydrogens (tertiary/aromatic N) is 2. The van der Waals surface area contributed by atoms with Crippen molar-refractivity contribution in [3.8, 4) is 5.75 Å². The molecule has 1 aliphatic rings. The Morgan fingerprint density at radius 3 is 2.52 bits per heavy atom. The first-order chi connectivity index (χ1) is 12.2. The second kappa shape index (κ2) is 8.29. The van der Waals surface area contributed by atoms with E-state index < -0.39 is 0 Å². The van der Waals surface area contributed by atoms with E-state index in [9.17, 15) is 4.79 Å². The summed E-state index contributed by atoms with van der Waals surface area (Å²) in [7, 11) is 0. The molecule has 2 aromatic carbocycles. The maximum atomic E-state index is 12.1. The minimum atomic E-state index is 0.0714. The summed E-state index contributed by atoms with van der Waals surface area (Å²) in [5.74, 6) is 0.941. The molecular weight excluding hydrogens is 312 g/mol. The van der Waals surface area contributed by atoms with Crippen molar-refractivity contribution in [3.05, 3.63) is 71.8 Å². The quantitative estimate of drug-likeness (QED) is 0.791. The first-order valence-corrected chi connectivity index (χ1v) is 8.57. The van der Waals surface area contributed by atoms with E-state index >= 15 is 0 Å². The fraction of sp³-hybridized carbons (Fsp3) is 0.238. The molecule has 0 unspecified atom stereocenters. The Morgan fingerprint density at radius 2 is 1.80 bits per heavy atom. The van der Waals surface area contributed by atoms with Gasteiger partial charge in [0.2, 0.25) is 5.91 Å². The van der Waals surface area contributed by atoms with Crippen LogP contribution in [-0.4, -0.2) is 23.2 Å². The molecule has 0 fully saturated rings. The van der Waals surface area contributed by atoms with Crippen LogP contribution in [0.1, 0.15) is 30.9 Å². The highest BCUT2D eigenvalue weighted by molar-refractivity contribution is 6.02. The largest absolute Gasteiger partial charge is 0.494 e. The summed E-state index contributed by atoms with van der Waals surface area (Å²) in [6.45, 7) is 3.15. The lowest BCUT2D eigenvalue weighted by molar-refractivity contribution is -0.132. The van der Waals surface area contributed by atoms with Crippen LogP contribution >= 0.6 is 0 Å². The van der Waals surface area contributed by atoms with Gasteiger partial charge < -0.3 is 4.74 Å². The standard InChI is InChI=1S/C21H22N2O2/c1-2-25-20-13-9-17(10-14-20)8-11-19-12-15-21(24)23(22-19)16-18-6-4-3-5-7-18/h3-11,13-14H,2,12,15-16H2,1H3. The normalized spacial score (nSPS) is 14.7. The van der Waals surface area contributed by atoms with Crippen LogP contribution in [0.5, 0.6) is 5.75 Å². The van der Waals surface area contributed by atoms with Crippen LogP contribution < -0.4 is 4.74 Å². The van der Waals surface area contributed by atoms with Gasteiger partial charge >= 0.3 is 0 Å². The Hall–Kier alpha value is -2.88. The first kappa shape index (κ1) is 17.0. The van der Waals surface area contributed by atoms with Gasteiger partial charge in [-0.3, -0.25) is 4.79 Å². The fourth-order valence-corrected chi connectivity index (χ4v) is 2.66. The summed E-state index contributed by atoms with van der Waals surface area (Å²) in [5, 5.41) is 6.08. The highest BCUT2D eigenvalue weighted by atomic mass is 16.5. The monoisotopic (exact) mass is 334 g/mol. The third-order valence-corrected chi connectivity index (χ3v) is 3.97. The summed E-state index contributed by atoms with van der Waals surface area (Å²) in [4.78, 5) is 12.1. The van der Waals surface area contributed by atoms with Crippen molar-refractivity contribution in [2.24, 2.45) is 5.10 Å². The molecule has 128 valence electrons. The first-order valence-electron chi connectivity index (χ1n) is 8.57. The van der Waals surface area contributed by atoms with E-state index in [2.05, 4.69) is 5.10 Å². The van der Waals surface area contributed by atoms with Crippen LogP contribution in [0.2, 0.25) is 0 Å². The topological polar surface area (TPSA) is 41.9 Å².